The molecule has 2 aromatic heterocycles. The van der Waals surface area contributed by atoms with Crippen LogP contribution >= 0.6 is 11.3 Å². The number of nitrogens with zero attached hydrogens (tertiary/aromatic N) is 3. The van der Waals surface area contributed by atoms with Gasteiger partial charge in [0.05, 0.1) is 15.9 Å². The van der Waals surface area contributed by atoms with Crippen molar-refractivity contribution >= 4 is 21.6 Å². The quantitative estimate of drug-likeness (QED) is 0.756. The first-order valence-electron chi connectivity index (χ1n) is 6.92. The maximum atomic E-state index is 4.62. The average molecular weight is 286 g/mol. The zero-order chi connectivity index (χ0) is 13.8. The van der Waals surface area contributed by atoms with Gasteiger partial charge >= 0.3 is 0 Å². The molecule has 0 saturated carbocycles. The van der Waals surface area contributed by atoms with E-state index < -0.39 is 0 Å². The van der Waals surface area contributed by atoms with E-state index >= 15 is 0 Å². The molecule has 104 valence electrons. The molecule has 3 aromatic rings. The van der Waals surface area contributed by atoms with E-state index in [9.17, 15) is 0 Å². The van der Waals surface area contributed by atoms with Crippen molar-refractivity contribution in [2.24, 2.45) is 0 Å². The summed E-state index contributed by atoms with van der Waals surface area (Å²) >= 11 is 1.75. The molecule has 0 spiro atoms. The molecule has 20 heavy (non-hydrogen) atoms. The molecule has 1 aromatic carbocycles. The average Bonchev–Trinajstić information content (AvgIpc) is 3.06. The highest BCUT2D eigenvalue weighted by atomic mass is 32.1. The van der Waals surface area contributed by atoms with Crippen LogP contribution in [-0.4, -0.2) is 14.8 Å². The van der Waals surface area contributed by atoms with Crippen LogP contribution < -0.4 is 5.32 Å². The Kier molecular flexibility index (Phi) is 4.08. The third-order valence-corrected chi connectivity index (χ3v) is 4.20. The standard InChI is InChI=1S/C15H18N4S/c1-2-9-19-12(7-8-17-19)10-16-11-15-18-13-5-3-4-6-14(13)20-15/h3-8,16H,2,9-11H2,1H3. The van der Waals surface area contributed by atoms with E-state index in [1.165, 1.54) is 10.4 Å². The number of rotatable bonds is 6. The molecule has 0 fully saturated rings. The van der Waals surface area contributed by atoms with Crippen LogP contribution in [0, 0.1) is 0 Å². The van der Waals surface area contributed by atoms with Gasteiger partial charge in [0, 0.05) is 25.8 Å². The smallest absolute Gasteiger partial charge is 0.108 e. The van der Waals surface area contributed by atoms with Crippen LogP contribution in [0.15, 0.2) is 36.5 Å². The summed E-state index contributed by atoms with van der Waals surface area (Å²) in [5, 5.41) is 8.91. The van der Waals surface area contributed by atoms with Crippen molar-refractivity contribution in [3.8, 4) is 0 Å². The van der Waals surface area contributed by atoms with Gasteiger partial charge in [-0.05, 0) is 24.6 Å². The highest BCUT2D eigenvalue weighted by Crippen LogP contribution is 2.21. The summed E-state index contributed by atoms with van der Waals surface area (Å²) in [7, 11) is 0. The molecule has 4 nitrogen and oxygen atoms in total. The predicted molar refractivity (Wildman–Crippen MR) is 82.7 cm³/mol. The molecule has 0 bridgehead atoms. The second kappa shape index (κ2) is 6.15. The molecule has 0 aliphatic carbocycles. The minimum absolute atomic E-state index is 0.802. The molecule has 3 rings (SSSR count). The number of para-hydroxylation sites is 1. The first-order valence-corrected chi connectivity index (χ1v) is 7.74. The highest BCUT2D eigenvalue weighted by Gasteiger charge is 2.04. The van der Waals surface area contributed by atoms with Crippen LogP contribution in [0.5, 0.6) is 0 Å². The summed E-state index contributed by atoms with van der Waals surface area (Å²) in [6.45, 7) is 4.78. The molecular weight excluding hydrogens is 268 g/mol. The molecule has 0 atom stereocenters. The van der Waals surface area contributed by atoms with E-state index in [2.05, 4.69) is 51.3 Å². The Morgan fingerprint density at radius 1 is 1.20 bits per heavy atom. The fraction of sp³-hybridized carbons (Fsp3) is 0.333. The summed E-state index contributed by atoms with van der Waals surface area (Å²) in [5.74, 6) is 0. The summed E-state index contributed by atoms with van der Waals surface area (Å²) in [4.78, 5) is 4.62. The van der Waals surface area contributed by atoms with Crippen LogP contribution in [-0.2, 0) is 19.6 Å². The van der Waals surface area contributed by atoms with Crippen LogP contribution in [0.25, 0.3) is 10.2 Å². The lowest BCUT2D eigenvalue weighted by molar-refractivity contribution is 0.549. The third-order valence-electron chi connectivity index (χ3n) is 3.16. The van der Waals surface area contributed by atoms with Crippen molar-refractivity contribution in [3.63, 3.8) is 0 Å². The van der Waals surface area contributed by atoms with Gasteiger partial charge in [0.2, 0.25) is 0 Å². The van der Waals surface area contributed by atoms with Gasteiger partial charge in [-0.3, -0.25) is 4.68 Å². The maximum Gasteiger partial charge on any atom is 0.108 e. The minimum Gasteiger partial charge on any atom is -0.305 e. The molecule has 5 heteroatoms. The molecule has 0 unspecified atom stereocenters. The van der Waals surface area contributed by atoms with Crippen LogP contribution in [0.3, 0.4) is 0 Å². The third kappa shape index (κ3) is 2.89. The number of benzene rings is 1. The zero-order valence-electron chi connectivity index (χ0n) is 11.5. The Labute approximate surface area is 122 Å². The first kappa shape index (κ1) is 13.3. The highest BCUT2D eigenvalue weighted by molar-refractivity contribution is 7.18. The van der Waals surface area contributed by atoms with Gasteiger partial charge in [0.15, 0.2) is 0 Å². The van der Waals surface area contributed by atoms with Gasteiger partial charge in [-0.25, -0.2) is 4.98 Å². The molecule has 0 aliphatic rings. The minimum atomic E-state index is 0.802. The zero-order valence-corrected chi connectivity index (χ0v) is 12.4. The van der Waals surface area contributed by atoms with Gasteiger partial charge < -0.3 is 5.32 Å². The Morgan fingerprint density at radius 3 is 2.95 bits per heavy atom. The lowest BCUT2D eigenvalue weighted by Gasteiger charge is -2.06. The molecule has 1 N–H and O–H groups in total. The number of hydrogen-bond acceptors (Lipinski definition) is 4. The lowest BCUT2D eigenvalue weighted by atomic mass is 10.3. The number of aryl methyl sites for hydroxylation is 1. The topological polar surface area (TPSA) is 42.7 Å². The largest absolute Gasteiger partial charge is 0.305 e. The van der Waals surface area contributed by atoms with E-state index in [-0.39, 0.29) is 0 Å². The molecular formula is C15H18N4S. The van der Waals surface area contributed by atoms with Crippen molar-refractivity contribution in [1.29, 1.82) is 0 Å². The Bertz CT molecular complexity index is 653. The normalized spacial score (nSPS) is 11.2. The van der Waals surface area contributed by atoms with E-state index in [1.807, 2.05) is 12.3 Å². The van der Waals surface area contributed by atoms with Gasteiger partial charge in [-0.15, -0.1) is 11.3 Å². The van der Waals surface area contributed by atoms with Crippen molar-refractivity contribution in [2.45, 2.75) is 33.0 Å². The van der Waals surface area contributed by atoms with Crippen molar-refractivity contribution in [2.75, 3.05) is 0 Å². The summed E-state index contributed by atoms with van der Waals surface area (Å²) in [6, 6.07) is 10.3. The van der Waals surface area contributed by atoms with Gasteiger partial charge in [0.1, 0.15) is 5.01 Å². The summed E-state index contributed by atoms with van der Waals surface area (Å²) < 4.78 is 3.31. The number of fused-ring (bicyclic) bond motifs is 1. The van der Waals surface area contributed by atoms with Crippen molar-refractivity contribution < 1.29 is 0 Å². The fourth-order valence-electron chi connectivity index (χ4n) is 2.22. The molecule has 0 aliphatic heterocycles. The molecule has 0 amide bonds. The van der Waals surface area contributed by atoms with Crippen molar-refractivity contribution in [1.82, 2.24) is 20.1 Å². The summed E-state index contributed by atoms with van der Waals surface area (Å²) in [5.41, 5.74) is 2.32. The van der Waals surface area contributed by atoms with Gasteiger partial charge in [0.25, 0.3) is 0 Å². The first-order chi connectivity index (χ1) is 9.86. The molecule has 0 radical (unpaired) electrons. The predicted octanol–water partition coefficient (Wildman–Crippen LogP) is 3.19. The van der Waals surface area contributed by atoms with Gasteiger partial charge in [-0.1, -0.05) is 19.1 Å². The maximum absolute atomic E-state index is 4.62. The Hall–Kier alpha value is -1.72. The Morgan fingerprint density at radius 2 is 2.10 bits per heavy atom. The number of aromatic nitrogens is 3. The van der Waals surface area contributed by atoms with Gasteiger partial charge in [-0.2, -0.15) is 5.10 Å². The van der Waals surface area contributed by atoms with E-state index in [0.29, 0.717) is 0 Å². The van der Waals surface area contributed by atoms with E-state index in [4.69, 9.17) is 0 Å². The Balaban J connectivity index is 1.60. The number of nitrogens with one attached hydrogen (secondary N) is 1. The van der Waals surface area contributed by atoms with Crippen LogP contribution in [0.4, 0.5) is 0 Å². The van der Waals surface area contributed by atoms with E-state index in [0.717, 1.165) is 36.6 Å². The van der Waals surface area contributed by atoms with Crippen LogP contribution in [0.2, 0.25) is 0 Å². The van der Waals surface area contributed by atoms with Crippen LogP contribution in [0.1, 0.15) is 24.0 Å². The fourth-order valence-corrected chi connectivity index (χ4v) is 3.15. The number of thiazole rings is 1. The molecule has 2 heterocycles. The second-order valence-electron chi connectivity index (χ2n) is 4.72. The monoisotopic (exact) mass is 286 g/mol. The second-order valence-corrected chi connectivity index (χ2v) is 5.84. The van der Waals surface area contributed by atoms with Crippen molar-refractivity contribution in [3.05, 3.63) is 47.2 Å². The van der Waals surface area contributed by atoms with E-state index in [1.54, 1.807) is 11.3 Å². The lowest BCUT2D eigenvalue weighted by Crippen LogP contribution is -2.16. The number of hydrogen-bond donors (Lipinski definition) is 1. The summed E-state index contributed by atoms with van der Waals surface area (Å²) in [6.07, 6.45) is 2.97. The SMILES string of the molecule is CCCn1nccc1CNCc1nc2ccccc2s1. The molecule has 0 saturated heterocycles.